The fourth-order valence-electron chi connectivity index (χ4n) is 1.56. The first kappa shape index (κ1) is 13.7. The van der Waals surface area contributed by atoms with E-state index in [-0.39, 0.29) is 5.43 Å². The Hall–Kier alpha value is -0.350. The normalized spacial score (nSPS) is 12.0. The molecule has 1 aromatic rings. The molecule has 0 fully saturated rings. The van der Waals surface area contributed by atoms with Gasteiger partial charge >= 0.3 is 0 Å². The topological polar surface area (TPSA) is 29.1 Å². The van der Waals surface area contributed by atoms with E-state index in [1.807, 2.05) is 6.26 Å². The minimum atomic E-state index is 0.0285. The number of hydrogen-bond donors (Lipinski definition) is 1. The highest BCUT2D eigenvalue weighted by Gasteiger charge is 2.16. The molecule has 0 unspecified atom stereocenters. The summed E-state index contributed by atoms with van der Waals surface area (Å²) in [6, 6.07) is 0. The van der Waals surface area contributed by atoms with Crippen molar-refractivity contribution in [3.8, 4) is 0 Å². The molecule has 2 nitrogen and oxygen atoms in total. The lowest BCUT2D eigenvalue weighted by Gasteiger charge is -2.19. The zero-order valence-electron chi connectivity index (χ0n) is 10.3. The van der Waals surface area contributed by atoms with Crippen LogP contribution in [0.3, 0.4) is 0 Å². The van der Waals surface area contributed by atoms with Gasteiger partial charge in [-0.15, -0.1) is 11.8 Å². The Kier molecular flexibility index (Phi) is 4.56. The van der Waals surface area contributed by atoms with Crippen LogP contribution < -0.4 is 10.7 Å². The number of rotatable bonds is 5. The largest absolute Gasteiger partial charge is 0.383 e. The highest BCUT2D eigenvalue weighted by Crippen LogP contribution is 2.26. The van der Waals surface area contributed by atoms with Crippen LogP contribution >= 0.6 is 24.0 Å². The van der Waals surface area contributed by atoms with E-state index in [2.05, 4.69) is 26.1 Å². The molecule has 0 aromatic heterocycles. The first-order valence-corrected chi connectivity index (χ1v) is 7.11. The van der Waals surface area contributed by atoms with Crippen molar-refractivity contribution >= 4 is 29.7 Å². The van der Waals surface area contributed by atoms with E-state index < -0.39 is 0 Å². The van der Waals surface area contributed by atoms with Crippen molar-refractivity contribution in [2.24, 2.45) is 5.41 Å². The third-order valence-electron chi connectivity index (χ3n) is 2.48. The van der Waals surface area contributed by atoms with E-state index in [4.69, 9.17) is 12.2 Å². The SMILES string of the molecule is CSc1c(NCCCC(C)(C)C)c(=S)c1=O. The predicted molar refractivity (Wildman–Crippen MR) is 74.9 cm³/mol. The zero-order valence-corrected chi connectivity index (χ0v) is 12.0. The van der Waals surface area contributed by atoms with Crippen molar-refractivity contribution in [2.75, 3.05) is 18.1 Å². The molecule has 0 saturated heterocycles. The molecule has 0 bridgehead atoms. The molecule has 0 amide bonds. The maximum absolute atomic E-state index is 11.3. The van der Waals surface area contributed by atoms with Gasteiger partial charge in [-0.25, -0.2) is 0 Å². The van der Waals surface area contributed by atoms with E-state index in [1.165, 1.54) is 18.2 Å². The molecular formula is C12H19NOS2. The van der Waals surface area contributed by atoms with Crippen LogP contribution in [-0.4, -0.2) is 12.8 Å². The van der Waals surface area contributed by atoms with Gasteiger partial charge in [-0.05, 0) is 24.5 Å². The van der Waals surface area contributed by atoms with Crippen molar-refractivity contribution in [3.05, 3.63) is 14.7 Å². The average molecular weight is 257 g/mol. The molecule has 0 aliphatic rings. The van der Waals surface area contributed by atoms with Crippen molar-refractivity contribution in [1.29, 1.82) is 0 Å². The van der Waals surface area contributed by atoms with E-state index in [1.54, 1.807) is 0 Å². The van der Waals surface area contributed by atoms with Crippen LogP contribution in [0.5, 0.6) is 0 Å². The summed E-state index contributed by atoms with van der Waals surface area (Å²) in [6.07, 6.45) is 4.18. The van der Waals surface area contributed by atoms with Gasteiger partial charge in [0.1, 0.15) is 4.51 Å². The molecule has 1 N–H and O–H groups in total. The number of thioether (sulfide) groups is 1. The van der Waals surface area contributed by atoms with Gasteiger partial charge in [0.05, 0.1) is 10.6 Å². The molecule has 4 heteroatoms. The summed E-state index contributed by atoms with van der Waals surface area (Å²) < 4.78 is 0.472. The Morgan fingerprint density at radius 2 is 2.00 bits per heavy atom. The van der Waals surface area contributed by atoms with Gasteiger partial charge in [0, 0.05) is 6.54 Å². The Morgan fingerprint density at radius 1 is 1.38 bits per heavy atom. The van der Waals surface area contributed by atoms with Crippen LogP contribution in [0.1, 0.15) is 33.6 Å². The van der Waals surface area contributed by atoms with Crippen LogP contribution in [0.2, 0.25) is 0 Å². The first-order chi connectivity index (χ1) is 7.37. The molecule has 90 valence electrons. The molecule has 0 atom stereocenters. The summed E-state index contributed by atoms with van der Waals surface area (Å²) in [4.78, 5) is 12.1. The number of hydrogen-bond acceptors (Lipinski definition) is 4. The van der Waals surface area contributed by atoms with Gasteiger partial charge in [0.25, 0.3) is 0 Å². The first-order valence-electron chi connectivity index (χ1n) is 5.48. The monoisotopic (exact) mass is 257 g/mol. The number of anilines is 1. The maximum atomic E-state index is 11.3. The van der Waals surface area contributed by atoms with Crippen LogP contribution in [0.4, 0.5) is 5.69 Å². The summed E-state index contributed by atoms with van der Waals surface area (Å²) in [5, 5.41) is 3.27. The fourth-order valence-corrected chi connectivity index (χ4v) is 2.63. The standard InChI is InChI=1S/C12H19NOS2/c1-12(2,3)6-5-7-13-8-10(15)9(14)11(8)16-4/h13H,5-7H2,1-4H3. The van der Waals surface area contributed by atoms with Crippen LogP contribution in [-0.2, 0) is 0 Å². The summed E-state index contributed by atoms with van der Waals surface area (Å²) in [5.74, 6) is 0. The minimum Gasteiger partial charge on any atom is -0.383 e. The Balaban J connectivity index is 2.42. The van der Waals surface area contributed by atoms with Crippen LogP contribution in [0, 0.1) is 9.93 Å². The van der Waals surface area contributed by atoms with Crippen molar-refractivity contribution in [2.45, 2.75) is 38.5 Å². The Labute approximate surface area is 107 Å². The number of nitrogens with one attached hydrogen (secondary N) is 1. The second-order valence-electron chi connectivity index (χ2n) is 5.16. The highest BCUT2D eigenvalue weighted by atomic mass is 32.2. The van der Waals surface area contributed by atoms with Gasteiger partial charge < -0.3 is 5.32 Å². The predicted octanol–water partition coefficient (Wildman–Crippen LogP) is 3.61. The van der Waals surface area contributed by atoms with Gasteiger partial charge in [-0.3, -0.25) is 4.79 Å². The average Bonchev–Trinajstić information content (AvgIpc) is 2.20. The van der Waals surface area contributed by atoms with Crippen LogP contribution in [0.15, 0.2) is 9.69 Å². The van der Waals surface area contributed by atoms with Gasteiger partial charge in [0.15, 0.2) is 0 Å². The molecule has 1 aromatic carbocycles. The van der Waals surface area contributed by atoms with E-state index in [9.17, 15) is 4.79 Å². The molecule has 0 spiro atoms. The fraction of sp³-hybridized carbons (Fsp3) is 0.667. The molecule has 1 rings (SSSR count). The van der Waals surface area contributed by atoms with Gasteiger partial charge in [0.2, 0.25) is 5.43 Å². The summed E-state index contributed by atoms with van der Waals surface area (Å²) in [6.45, 7) is 7.59. The third kappa shape index (κ3) is 3.32. The highest BCUT2D eigenvalue weighted by molar-refractivity contribution is 7.98. The molecule has 0 radical (unpaired) electrons. The molecule has 0 heterocycles. The third-order valence-corrected chi connectivity index (χ3v) is 3.66. The maximum Gasteiger partial charge on any atom is 0.214 e. The molecule has 16 heavy (non-hydrogen) atoms. The van der Waals surface area contributed by atoms with Crippen LogP contribution in [0.25, 0.3) is 0 Å². The zero-order chi connectivity index (χ0) is 12.3. The quantitative estimate of drug-likeness (QED) is 0.495. The lowest BCUT2D eigenvalue weighted by Crippen LogP contribution is -2.18. The summed E-state index contributed by atoms with van der Waals surface area (Å²) in [7, 11) is 0. The molecule has 0 aliphatic heterocycles. The Bertz CT molecular complexity index is 425. The second-order valence-corrected chi connectivity index (χ2v) is 6.38. The van der Waals surface area contributed by atoms with Crippen molar-refractivity contribution in [1.82, 2.24) is 0 Å². The Morgan fingerprint density at radius 3 is 2.50 bits per heavy atom. The lowest BCUT2D eigenvalue weighted by atomic mass is 9.91. The van der Waals surface area contributed by atoms with Gasteiger partial charge in [-0.2, -0.15) is 0 Å². The van der Waals surface area contributed by atoms with E-state index in [0.29, 0.717) is 9.93 Å². The van der Waals surface area contributed by atoms with E-state index >= 15 is 0 Å². The van der Waals surface area contributed by atoms with Crippen molar-refractivity contribution in [3.63, 3.8) is 0 Å². The smallest absolute Gasteiger partial charge is 0.214 e. The summed E-state index contributed by atoms with van der Waals surface area (Å²) in [5.41, 5.74) is 1.29. The van der Waals surface area contributed by atoms with Gasteiger partial charge in [-0.1, -0.05) is 33.0 Å². The second kappa shape index (κ2) is 5.32. The molecular weight excluding hydrogens is 238 g/mol. The van der Waals surface area contributed by atoms with Crippen molar-refractivity contribution < 1.29 is 0 Å². The minimum absolute atomic E-state index is 0.0285. The molecule has 0 saturated carbocycles. The lowest BCUT2D eigenvalue weighted by molar-refractivity contribution is 0.370. The molecule has 0 aliphatic carbocycles. The summed E-state index contributed by atoms with van der Waals surface area (Å²) >= 11 is 6.49. The van der Waals surface area contributed by atoms with E-state index in [0.717, 1.165) is 23.5 Å².